The van der Waals surface area contributed by atoms with Crippen molar-refractivity contribution in [1.82, 2.24) is 9.21 Å². The van der Waals surface area contributed by atoms with Crippen molar-refractivity contribution in [2.24, 2.45) is 0 Å². The lowest BCUT2D eigenvalue weighted by Gasteiger charge is -2.21. The number of hydrogen-bond acceptors (Lipinski definition) is 4. The van der Waals surface area contributed by atoms with E-state index in [1.165, 1.54) is 10.6 Å². The van der Waals surface area contributed by atoms with Gasteiger partial charge in [0.25, 0.3) is 0 Å². The maximum Gasteiger partial charge on any atom is 0.223 e. The molecule has 1 heterocycles. The average Bonchev–Trinajstić information content (AvgIpc) is 2.79. The number of likely N-dealkylation sites (N-methyl/N-ethyl adjacent to an activating group) is 1. The van der Waals surface area contributed by atoms with Crippen LogP contribution in [-0.4, -0.2) is 56.0 Å². The van der Waals surface area contributed by atoms with Crippen molar-refractivity contribution < 1.29 is 17.9 Å². The van der Waals surface area contributed by atoms with E-state index in [1.807, 2.05) is 32.0 Å². The molecule has 0 fully saturated rings. The van der Waals surface area contributed by atoms with Gasteiger partial charge in [-0.25, -0.2) is 8.42 Å². The number of rotatable bonds is 7. The van der Waals surface area contributed by atoms with Crippen molar-refractivity contribution in [2.45, 2.75) is 33.2 Å². The van der Waals surface area contributed by atoms with Gasteiger partial charge in [-0.15, -0.1) is 0 Å². The Kier molecular flexibility index (Phi) is 6.83. The molecule has 0 unspecified atom stereocenters. The van der Waals surface area contributed by atoms with E-state index in [0.29, 0.717) is 51.4 Å². The molecule has 0 atom stereocenters. The molecule has 0 aromatic heterocycles. The van der Waals surface area contributed by atoms with Gasteiger partial charge in [-0.05, 0) is 31.9 Å². The number of hydrogen-bond donors (Lipinski definition) is 0. The fourth-order valence-corrected chi connectivity index (χ4v) is 3.75. The first-order chi connectivity index (χ1) is 12.2. The van der Waals surface area contributed by atoms with Gasteiger partial charge in [-0.1, -0.05) is 24.3 Å². The zero-order valence-corrected chi connectivity index (χ0v) is 16.6. The van der Waals surface area contributed by atoms with Crippen LogP contribution >= 0.6 is 0 Å². The van der Waals surface area contributed by atoms with Crippen LogP contribution in [0.4, 0.5) is 0 Å². The van der Waals surface area contributed by atoms with Crippen molar-refractivity contribution in [2.75, 3.05) is 32.5 Å². The highest BCUT2D eigenvalue weighted by molar-refractivity contribution is 7.88. The zero-order chi connectivity index (χ0) is 19.3. The minimum atomic E-state index is -3.27. The fourth-order valence-electron chi connectivity index (χ4n) is 2.97. The second-order valence-corrected chi connectivity index (χ2v) is 8.73. The third-order valence-corrected chi connectivity index (χ3v) is 5.61. The van der Waals surface area contributed by atoms with Gasteiger partial charge in [0, 0.05) is 38.2 Å². The molecule has 144 valence electrons. The molecule has 1 aromatic carbocycles. The van der Waals surface area contributed by atoms with Crippen molar-refractivity contribution >= 4 is 15.9 Å². The topological polar surface area (TPSA) is 66.9 Å². The van der Waals surface area contributed by atoms with E-state index in [-0.39, 0.29) is 5.91 Å². The van der Waals surface area contributed by atoms with E-state index in [1.54, 1.807) is 4.90 Å². The number of sulfonamides is 1. The predicted molar refractivity (Wildman–Crippen MR) is 103 cm³/mol. The lowest BCUT2D eigenvalue weighted by Crippen LogP contribution is -2.32. The molecular weight excluding hydrogens is 352 g/mol. The number of amides is 1. The largest absolute Gasteiger partial charge is 0.492 e. The number of carbonyl (C=O) groups excluding carboxylic acids is 1. The molecule has 1 aliphatic heterocycles. The standard InChI is InChI=1S/C19H28N2O4S/c1-5-20(13-15(2)3)19(22)9-7-16-6-8-18-17(12-16)14-21(10-11-25-18)26(4,23)24/h6,8,12H,2,5,7,9-11,13-14H2,1,3-4H3. The summed E-state index contributed by atoms with van der Waals surface area (Å²) >= 11 is 0. The summed E-state index contributed by atoms with van der Waals surface area (Å²) < 4.78 is 30.8. The summed E-state index contributed by atoms with van der Waals surface area (Å²) in [6.45, 7) is 9.95. The Labute approximate surface area is 156 Å². The molecule has 0 saturated heterocycles. The molecule has 26 heavy (non-hydrogen) atoms. The maximum absolute atomic E-state index is 12.4. The highest BCUT2D eigenvalue weighted by atomic mass is 32.2. The van der Waals surface area contributed by atoms with Crippen molar-refractivity contribution in [1.29, 1.82) is 0 Å². The first-order valence-electron chi connectivity index (χ1n) is 8.82. The molecule has 0 aliphatic carbocycles. The molecule has 1 aromatic rings. The molecule has 0 bridgehead atoms. The Morgan fingerprint density at radius 1 is 1.38 bits per heavy atom. The van der Waals surface area contributed by atoms with Gasteiger partial charge >= 0.3 is 0 Å². The first-order valence-corrected chi connectivity index (χ1v) is 10.7. The monoisotopic (exact) mass is 380 g/mol. The molecular formula is C19H28N2O4S. The lowest BCUT2D eigenvalue weighted by molar-refractivity contribution is -0.130. The van der Waals surface area contributed by atoms with E-state index in [9.17, 15) is 13.2 Å². The number of nitrogens with zero attached hydrogens (tertiary/aromatic N) is 2. The van der Waals surface area contributed by atoms with Crippen LogP contribution in [0.5, 0.6) is 5.75 Å². The van der Waals surface area contributed by atoms with Crippen molar-refractivity contribution in [3.63, 3.8) is 0 Å². The van der Waals surface area contributed by atoms with Crippen LogP contribution in [-0.2, 0) is 27.8 Å². The third kappa shape index (κ3) is 5.57. The Hall–Kier alpha value is -1.86. The Bertz CT molecular complexity index is 774. The summed E-state index contributed by atoms with van der Waals surface area (Å²) in [5, 5.41) is 0. The van der Waals surface area contributed by atoms with E-state index in [4.69, 9.17) is 4.74 Å². The molecule has 6 nitrogen and oxygen atoms in total. The molecule has 2 rings (SSSR count). The minimum Gasteiger partial charge on any atom is -0.492 e. The summed E-state index contributed by atoms with van der Waals surface area (Å²) in [7, 11) is -3.27. The highest BCUT2D eigenvalue weighted by Crippen LogP contribution is 2.26. The summed E-state index contributed by atoms with van der Waals surface area (Å²) in [5.74, 6) is 0.808. The average molecular weight is 381 g/mol. The molecule has 0 N–H and O–H groups in total. The summed E-state index contributed by atoms with van der Waals surface area (Å²) in [6.07, 6.45) is 2.23. The third-order valence-electron chi connectivity index (χ3n) is 4.36. The number of fused-ring (bicyclic) bond motifs is 1. The molecule has 7 heteroatoms. The van der Waals surface area contributed by atoms with Crippen LogP contribution in [0.2, 0.25) is 0 Å². The Morgan fingerprint density at radius 3 is 2.73 bits per heavy atom. The number of ether oxygens (including phenoxy) is 1. The van der Waals surface area contributed by atoms with Gasteiger partial charge < -0.3 is 9.64 Å². The van der Waals surface area contributed by atoms with E-state index in [2.05, 4.69) is 6.58 Å². The highest BCUT2D eigenvalue weighted by Gasteiger charge is 2.22. The van der Waals surface area contributed by atoms with Crippen molar-refractivity contribution in [3.05, 3.63) is 41.5 Å². The summed E-state index contributed by atoms with van der Waals surface area (Å²) in [5.41, 5.74) is 2.80. The zero-order valence-electron chi connectivity index (χ0n) is 15.8. The van der Waals surface area contributed by atoms with Gasteiger partial charge in [0.1, 0.15) is 12.4 Å². The van der Waals surface area contributed by atoms with Gasteiger partial charge in [0.2, 0.25) is 15.9 Å². The van der Waals surface area contributed by atoms with Gasteiger partial charge in [0.15, 0.2) is 0 Å². The van der Waals surface area contributed by atoms with Gasteiger partial charge in [0.05, 0.1) is 6.26 Å². The first kappa shape index (κ1) is 20.5. The lowest BCUT2D eigenvalue weighted by atomic mass is 10.0. The van der Waals surface area contributed by atoms with E-state index in [0.717, 1.165) is 16.7 Å². The van der Waals surface area contributed by atoms with Crippen LogP contribution < -0.4 is 4.74 Å². The quantitative estimate of drug-likeness (QED) is 0.680. The molecule has 0 spiro atoms. The molecule has 0 saturated carbocycles. The smallest absolute Gasteiger partial charge is 0.223 e. The van der Waals surface area contributed by atoms with Gasteiger partial charge in [-0.2, -0.15) is 4.31 Å². The van der Waals surface area contributed by atoms with Crippen LogP contribution in [0.1, 0.15) is 31.4 Å². The van der Waals surface area contributed by atoms with Crippen LogP contribution in [0.3, 0.4) is 0 Å². The second kappa shape index (κ2) is 8.68. The maximum atomic E-state index is 12.4. The Balaban J connectivity index is 2.07. The number of benzene rings is 1. The van der Waals surface area contributed by atoms with Crippen LogP contribution in [0.15, 0.2) is 30.4 Å². The minimum absolute atomic E-state index is 0.0967. The van der Waals surface area contributed by atoms with Crippen molar-refractivity contribution in [3.8, 4) is 5.75 Å². The number of carbonyl (C=O) groups is 1. The second-order valence-electron chi connectivity index (χ2n) is 6.75. The summed E-state index contributed by atoms with van der Waals surface area (Å²) in [4.78, 5) is 14.2. The van der Waals surface area contributed by atoms with E-state index < -0.39 is 10.0 Å². The van der Waals surface area contributed by atoms with Crippen LogP contribution in [0, 0.1) is 0 Å². The van der Waals surface area contributed by atoms with Gasteiger partial charge in [-0.3, -0.25) is 4.79 Å². The number of aryl methyl sites for hydroxylation is 1. The molecule has 0 radical (unpaired) electrons. The fraction of sp³-hybridized carbons (Fsp3) is 0.526. The SMILES string of the molecule is C=C(C)CN(CC)C(=O)CCc1ccc2c(c1)CN(S(C)(=O)=O)CCO2. The Morgan fingerprint density at radius 2 is 2.12 bits per heavy atom. The summed E-state index contributed by atoms with van der Waals surface area (Å²) in [6, 6.07) is 5.75. The predicted octanol–water partition coefficient (Wildman–Crippen LogP) is 2.20. The molecule has 1 aliphatic rings. The van der Waals surface area contributed by atoms with E-state index >= 15 is 0 Å². The normalized spacial score (nSPS) is 14.9. The molecule has 1 amide bonds. The van der Waals surface area contributed by atoms with Crippen LogP contribution in [0.25, 0.3) is 0 Å².